The molecule has 0 heterocycles. The van der Waals surface area contributed by atoms with Gasteiger partial charge >= 0.3 is 0 Å². The third kappa shape index (κ3) is 2.03. The van der Waals surface area contributed by atoms with Crippen molar-refractivity contribution in [3.8, 4) is 0 Å². The molecule has 2 aromatic carbocycles. The first-order chi connectivity index (χ1) is 8.45. The van der Waals surface area contributed by atoms with Crippen molar-refractivity contribution in [2.75, 3.05) is 0 Å². The summed E-state index contributed by atoms with van der Waals surface area (Å²) < 4.78 is 0. The maximum Gasteiger partial charge on any atom is 0.00897 e. The largest absolute Gasteiger partial charge is 0.0873 e. The Kier molecular flexibility index (Phi) is 2.79. The van der Waals surface area contributed by atoms with Gasteiger partial charge in [-0.2, -0.15) is 0 Å². The normalized spacial score (nSPS) is 22.8. The van der Waals surface area contributed by atoms with Crippen LogP contribution in [0.5, 0.6) is 0 Å². The molecule has 2 atom stereocenters. The zero-order chi connectivity index (χ0) is 11.5. The average Bonchev–Trinajstić information content (AvgIpc) is 2.90. The average molecular weight is 220 g/mol. The lowest BCUT2D eigenvalue weighted by molar-refractivity contribution is 0.665. The van der Waals surface area contributed by atoms with E-state index >= 15 is 0 Å². The van der Waals surface area contributed by atoms with E-state index in [0.717, 1.165) is 6.42 Å². The van der Waals surface area contributed by atoms with E-state index in [-0.39, 0.29) is 0 Å². The standard InChI is InChI=1S/C17H16/c1-3-8-14(9-4-1)16-12-7-13-17(16)15-10-5-2-6-11-15/h1-12,16-17H,13H2/t16-,17+/m0/s1. The summed E-state index contributed by atoms with van der Waals surface area (Å²) in [5, 5.41) is 0. The van der Waals surface area contributed by atoms with Gasteiger partial charge in [0, 0.05) is 5.92 Å². The van der Waals surface area contributed by atoms with Gasteiger partial charge in [0.1, 0.15) is 0 Å². The fourth-order valence-corrected chi connectivity index (χ4v) is 2.71. The van der Waals surface area contributed by atoms with Gasteiger partial charge in [0.25, 0.3) is 0 Å². The molecular weight excluding hydrogens is 204 g/mol. The lowest BCUT2D eigenvalue weighted by atomic mass is 9.84. The first-order valence-electron chi connectivity index (χ1n) is 6.22. The summed E-state index contributed by atoms with van der Waals surface area (Å²) in [5.74, 6) is 1.15. The number of benzene rings is 2. The van der Waals surface area contributed by atoms with Gasteiger partial charge in [-0.25, -0.2) is 0 Å². The minimum atomic E-state index is 0.540. The zero-order valence-electron chi connectivity index (χ0n) is 9.79. The highest BCUT2D eigenvalue weighted by molar-refractivity contribution is 5.35. The summed E-state index contributed by atoms with van der Waals surface area (Å²) in [4.78, 5) is 0. The van der Waals surface area contributed by atoms with Crippen molar-refractivity contribution in [3.05, 3.63) is 83.9 Å². The molecule has 0 nitrogen and oxygen atoms in total. The van der Waals surface area contributed by atoms with Crippen molar-refractivity contribution >= 4 is 0 Å². The van der Waals surface area contributed by atoms with Gasteiger partial charge in [-0.3, -0.25) is 0 Å². The van der Waals surface area contributed by atoms with Crippen LogP contribution in [0.4, 0.5) is 0 Å². The topological polar surface area (TPSA) is 0 Å². The lowest BCUT2D eigenvalue weighted by Gasteiger charge is -2.20. The van der Waals surface area contributed by atoms with E-state index in [0.29, 0.717) is 11.8 Å². The number of rotatable bonds is 2. The molecule has 3 rings (SSSR count). The van der Waals surface area contributed by atoms with Crippen LogP contribution in [-0.4, -0.2) is 0 Å². The third-order valence-electron chi connectivity index (χ3n) is 3.58. The maximum absolute atomic E-state index is 2.35. The van der Waals surface area contributed by atoms with Crippen molar-refractivity contribution in [2.45, 2.75) is 18.3 Å². The Bertz CT molecular complexity index is 496. The SMILES string of the molecule is C1=C[C@@H](c2ccccc2)[C@@H](c2ccccc2)C1. The quantitative estimate of drug-likeness (QED) is 0.653. The van der Waals surface area contributed by atoms with Gasteiger partial charge < -0.3 is 0 Å². The molecule has 0 spiro atoms. The molecular formula is C17H16. The van der Waals surface area contributed by atoms with Crippen LogP contribution in [0.1, 0.15) is 29.4 Å². The maximum atomic E-state index is 2.35. The molecule has 1 aliphatic carbocycles. The van der Waals surface area contributed by atoms with Gasteiger partial charge in [0.2, 0.25) is 0 Å². The van der Waals surface area contributed by atoms with Crippen molar-refractivity contribution in [3.63, 3.8) is 0 Å². The molecule has 0 N–H and O–H groups in total. The van der Waals surface area contributed by atoms with Crippen LogP contribution in [0.25, 0.3) is 0 Å². The van der Waals surface area contributed by atoms with Crippen molar-refractivity contribution in [1.82, 2.24) is 0 Å². The highest BCUT2D eigenvalue weighted by atomic mass is 14.3. The Morgan fingerprint density at radius 3 is 1.94 bits per heavy atom. The molecule has 84 valence electrons. The van der Waals surface area contributed by atoms with Crippen LogP contribution in [0, 0.1) is 0 Å². The molecule has 17 heavy (non-hydrogen) atoms. The third-order valence-corrected chi connectivity index (χ3v) is 3.58. The summed E-state index contributed by atoms with van der Waals surface area (Å²) in [7, 11) is 0. The smallest absolute Gasteiger partial charge is 0.00897 e. The predicted octanol–water partition coefficient (Wildman–Crippen LogP) is 4.51. The molecule has 0 fully saturated rings. The van der Waals surface area contributed by atoms with Gasteiger partial charge in [0.15, 0.2) is 0 Å². The van der Waals surface area contributed by atoms with Crippen LogP contribution in [0.2, 0.25) is 0 Å². The Labute approximate surface area is 103 Å². The number of allylic oxidation sites excluding steroid dienone is 2. The molecule has 0 heteroatoms. The van der Waals surface area contributed by atoms with Gasteiger partial charge in [0.05, 0.1) is 0 Å². The minimum Gasteiger partial charge on any atom is -0.0873 e. The lowest BCUT2D eigenvalue weighted by Crippen LogP contribution is -2.04. The zero-order valence-corrected chi connectivity index (χ0v) is 9.79. The molecule has 0 saturated carbocycles. The van der Waals surface area contributed by atoms with Gasteiger partial charge in [-0.15, -0.1) is 0 Å². The Morgan fingerprint density at radius 1 is 0.706 bits per heavy atom. The van der Waals surface area contributed by atoms with E-state index in [9.17, 15) is 0 Å². The molecule has 0 bridgehead atoms. The van der Waals surface area contributed by atoms with E-state index in [2.05, 4.69) is 72.8 Å². The van der Waals surface area contributed by atoms with Crippen LogP contribution in [-0.2, 0) is 0 Å². The van der Waals surface area contributed by atoms with E-state index in [1.807, 2.05) is 0 Å². The summed E-state index contributed by atoms with van der Waals surface area (Å²) in [6, 6.07) is 21.6. The molecule has 0 amide bonds. The second-order valence-corrected chi connectivity index (χ2v) is 4.62. The van der Waals surface area contributed by atoms with Crippen LogP contribution >= 0.6 is 0 Å². The molecule has 0 aliphatic heterocycles. The highest BCUT2D eigenvalue weighted by Gasteiger charge is 2.25. The summed E-state index contributed by atoms with van der Waals surface area (Å²) in [6.45, 7) is 0. The van der Waals surface area contributed by atoms with E-state index in [4.69, 9.17) is 0 Å². The fourth-order valence-electron chi connectivity index (χ4n) is 2.71. The van der Waals surface area contributed by atoms with Gasteiger partial charge in [-0.1, -0.05) is 72.8 Å². The van der Waals surface area contributed by atoms with Crippen molar-refractivity contribution in [1.29, 1.82) is 0 Å². The molecule has 0 aromatic heterocycles. The second kappa shape index (κ2) is 4.58. The number of hydrogen-bond donors (Lipinski definition) is 0. The first kappa shape index (κ1) is 10.3. The summed E-state index contributed by atoms with van der Waals surface area (Å²) in [5.41, 5.74) is 2.88. The number of hydrogen-bond acceptors (Lipinski definition) is 0. The highest BCUT2D eigenvalue weighted by Crippen LogP contribution is 2.41. The van der Waals surface area contributed by atoms with E-state index < -0.39 is 0 Å². The predicted molar refractivity (Wildman–Crippen MR) is 72.1 cm³/mol. The summed E-state index contributed by atoms with van der Waals surface area (Å²) >= 11 is 0. The first-order valence-corrected chi connectivity index (χ1v) is 6.22. The van der Waals surface area contributed by atoms with Crippen molar-refractivity contribution < 1.29 is 0 Å². The van der Waals surface area contributed by atoms with Crippen molar-refractivity contribution in [2.24, 2.45) is 0 Å². The molecule has 2 aromatic rings. The Hall–Kier alpha value is -1.82. The van der Waals surface area contributed by atoms with E-state index in [1.54, 1.807) is 0 Å². The summed E-state index contributed by atoms with van der Waals surface area (Å²) in [6.07, 6.45) is 5.83. The Balaban J connectivity index is 1.93. The van der Waals surface area contributed by atoms with Crippen LogP contribution in [0.15, 0.2) is 72.8 Å². The fraction of sp³-hybridized carbons (Fsp3) is 0.176. The molecule has 0 radical (unpaired) electrons. The van der Waals surface area contributed by atoms with Crippen LogP contribution in [0.3, 0.4) is 0 Å². The second-order valence-electron chi connectivity index (χ2n) is 4.62. The minimum absolute atomic E-state index is 0.540. The Morgan fingerprint density at radius 2 is 1.29 bits per heavy atom. The van der Waals surface area contributed by atoms with Crippen LogP contribution < -0.4 is 0 Å². The van der Waals surface area contributed by atoms with Gasteiger partial charge in [-0.05, 0) is 23.5 Å². The molecule has 1 aliphatic rings. The monoisotopic (exact) mass is 220 g/mol. The molecule has 0 unspecified atom stereocenters. The van der Waals surface area contributed by atoms with E-state index in [1.165, 1.54) is 11.1 Å². The molecule has 0 saturated heterocycles.